The minimum Gasteiger partial charge on any atom is -0.474 e. The molecule has 1 aromatic carbocycles. The molecule has 1 aromatic heterocycles. The van der Waals surface area contributed by atoms with Crippen LogP contribution in [0.4, 0.5) is 0 Å². The number of nitriles is 2. The second-order valence-corrected chi connectivity index (χ2v) is 11.6. The van der Waals surface area contributed by atoms with Crippen molar-refractivity contribution in [3.05, 3.63) is 57.7 Å². The Bertz CT molecular complexity index is 1340. The minimum absolute atomic E-state index is 0.0240. The minimum atomic E-state index is -0.827. The van der Waals surface area contributed by atoms with Gasteiger partial charge in [-0.05, 0) is 56.4 Å². The summed E-state index contributed by atoms with van der Waals surface area (Å²) in [6, 6.07) is 13.1. The van der Waals surface area contributed by atoms with E-state index in [0.29, 0.717) is 73.4 Å². The van der Waals surface area contributed by atoms with E-state index < -0.39 is 5.41 Å². The summed E-state index contributed by atoms with van der Waals surface area (Å²) in [5.41, 5.74) is 0.611. The lowest BCUT2D eigenvalue weighted by Gasteiger charge is -2.34. The summed E-state index contributed by atoms with van der Waals surface area (Å²) in [5, 5.41) is 19.4. The van der Waals surface area contributed by atoms with Gasteiger partial charge >= 0.3 is 0 Å². The van der Waals surface area contributed by atoms with Crippen molar-refractivity contribution in [2.75, 3.05) is 26.2 Å². The molecule has 1 aliphatic carbocycles. The number of benzene rings is 1. The number of carbonyl (C=O) groups is 2. The molecule has 3 atom stereocenters. The number of halogens is 2. The lowest BCUT2D eigenvalue weighted by atomic mass is 9.86. The summed E-state index contributed by atoms with van der Waals surface area (Å²) in [7, 11) is 0. The summed E-state index contributed by atoms with van der Waals surface area (Å²) in [4.78, 5) is 34.3. The van der Waals surface area contributed by atoms with Gasteiger partial charge < -0.3 is 14.5 Å². The molecule has 8 nitrogen and oxygen atoms in total. The van der Waals surface area contributed by atoms with Crippen molar-refractivity contribution in [3.8, 4) is 18.0 Å². The Morgan fingerprint density at radius 1 is 1.08 bits per heavy atom. The molecule has 2 amide bonds. The second kappa shape index (κ2) is 11.0. The van der Waals surface area contributed by atoms with Gasteiger partial charge in [0.1, 0.15) is 17.6 Å². The zero-order chi connectivity index (χ0) is 27.7. The third-order valence-electron chi connectivity index (χ3n) is 8.33. The maximum atomic E-state index is 13.7. The van der Waals surface area contributed by atoms with E-state index in [2.05, 4.69) is 17.1 Å². The Morgan fingerprint density at radius 3 is 2.41 bits per heavy atom. The van der Waals surface area contributed by atoms with Crippen LogP contribution in [0.1, 0.15) is 49.7 Å². The average Bonchev–Trinajstić information content (AvgIpc) is 3.64. The fourth-order valence-electron chi connectivity index (χ4n) is 5.76. The van der Waals surface area contributed by atoms with Gasteiger partial charge in [-0.25, -0.2) is 4.98 Å². The van der Waals surface area contributed by atoms with Crippen LogP contribution >= 0.6 is 23.2 Å². The van der Waals surface area contributed by atoms with E-state index in [1.165, 1.54) is 6.20 Å². The molecule has 202 valence electrons. The molecule has 3 aliphatic rings. The summed E-state index contributed by atoms with van der Waals surface area (Å²) in [6.07, 6.45) is 3.64. The Morgan fingerprint density at radius 2 is 1.82 bits per heavy atom. The third-order valence-corrected chi connectivity index (χ3v) is 9.07. The highest BCUT2D eigenvalue weighted by Gasteiger charge is 2.53. The first-order valence-electron chi connectivity index (χ1n) is 13.2. The van der Waals surface area contributed by atoms with Crippen LogP contribution in [0, 0.1) is 39.9 Å². The maximum absolute atomic E-state index is 13.7. The molecule has 0 radical (unpaired) electrons. The molecule has 1 saturated carbocycles. The highest BCUT2D eigenvalue weighted by Crippen LogP contribution is 2.47. The van der Waals surface area contributed by atoms with Crippen LogP contribution in [-0.4, -0.2) is 58.9 Å². The van der Waals surface area contributed by atoms with Gasteiger partial charge in [0, 0.05) is 56.2 Å². The van der Waals surface area contributed by atoms with Crippen molar-refractivity contribution in [3.63, 3.8) is 0 Å². The molecule has 2 saturated heterocycles. The standard InChI is InChI=1S/C29H29Cl2N5O3/c1-18(39-26-5-2-19(13-32)14-34-26)22-15-36(16-23(22)21-3-4-24(30)25(31)12-21)27(37)20-6-10-35(11-7-20)28(38)29(17-33)8-9-29/h2-5,12,14,18,20,22-23H,6-11,15-16H2,1H3/t18-,22?,23+/m0/s1. The molecule has 2 aromatic rings. The number of nitrogens with zero attached hydrogens (tertiary/aromatic N) is 5. The van der Waals surface area contributed by atoms with E-state index in [1.54, 1.807) is 23.1 Å². The molecule has 5 rings (SSSR count). The quantitative estimate of drug-likeness (QED) is 0.496. The predicted octanol–water partition coefficient (Wildman–Crippen LogP) is 4.81. The third kappa shape index (κ3) is 5.55. The Balaban J connectivity index is 1.29. The first kappa shape index (κ1) is 27.2. The molecule has 0 bridgehead atoms. The number of ether oxygens (including phenoxy) is 1. The first-order chi connectivity index (χ1) is 18.7. The molecule has 10 heteroatoms. The van der Waals surface area contributed by atoms with Crippen molar-refractivity contribution < 1.29 is 14.3 Å². The van der Waals surface area contributed by atoms with Gasteiger partial charge in [0.25, 0.3) is 0 Å². The van der Waals surface area contributed by atoms with E-state index in [-0.39, 0.29) is 35.7 Å². The van der Waals surface area contributed by atoms with Gasteiger partial charge in [-0.2, -0.15) is 10.5 Å². The largest absolute Gasteiger partial charge is 0.474 e. The number of hydrogen-bond donors (Lipinski definition) is 0. The molecule has 0 N–H and O–H groups in total. The fourth-order valence-corrected chi connectivity index (χ4v) is 6.07. The second-order valence-electron chi connectivity index (χ2n) is 10.8. The summed E-state index contributed by atoms with van der Waals surface area (Å²) >= 11 is 12.5. The van der Waals surface area contributed by atoms with Crippen molar-refractivity contribution in [2.24, 2.45) is 17.3 Å². The smallest absolute Gasteiger partial charge is 0.243 e. The number of amides is 2. The van der Waals surface area contributed by atoms with Crippen molar-refractivity contribution in [1.82, 2.24) is 14.8 Å². The van der Waals surface area contributed by atoms with Crippen LogP contribution in [0.5, 0.6) is 5.88 Å². The van der Waals surface area contributed by atoms with E-state index in [9.17, 15) is 14.9 Å². The van der Waals surface area contributed by atoms with E-state index in [0.717, 1.165) is 5.56 Å². The van der Waals surface area contributed by atoms with E-state index in [4.69, 9.17) is 33.2 Å². The average molecular weight is 566 g/mol. The zero-order valence-corrected chi connectivity index (χ0v) is 23.2. The normalized spacial score (nSPS) is 23.0. The molecule has 0 spiro atoms. The number of pyridine rings is 1. The van der Waals surface area contributed by atoms with Crippen molar-refractivity contribution in [2.45, 2.75) is 44.6 Å². The Hall–Kier alpha value is -3.33. The lowest BCUT2D eigenvalue weighted by Crippen LogP contribution is -2.46. The van der Waals surface area contributed by atoms with Crippen LogP contribution in [0.15, 0.2) is 36.5 Å². The number of hydrogen-bond acceptors (Lipinski definition) is 6. The van der Waals surface area contributed by atoms with E-state index >= 15 is 0 Å². The molecule has 3 heterocycles. The summed E-state index contributed by atoms with van der Waals surface area (Å²) in [6.45, 7) is 3.99. The van der Waals surface area contributed by atoms with Gasteiger partial charge in [-0.1, -0.05) is 29.3 Å². The van der Waals surface area contributed by atoms with Crippen LogP contribution in [0.2, 0.25) is 10.0 Å². The summed E-state index contributed by atoms with van der Waals surface area (Å²) in [5.74, 6) is 0.191. The number of aromatic nitrogens is 1. The Labute approximate surface area is 238 Å². The van der Waals surface area contributed by atoms with Gasteiger partial charge in [0.15, 0.2) is 0 Å². The monoisotopic (exact) mass is 565 g/mol. The number of piperidine rings is 1. The van der Waals surface area contributed by atoms with Crippen molar-refractivity contribution in [1.29, 1.82) is 10.5 Å². The number of carbonyl (C=O) groups excluding carboxylic acids is 2. The molecular formula is C29H29Cl2N5O3. The molecule has 3 fully saturated rings. The fraction of sp³-hybridized carbons (Fsp3) is 0.483. The zero-order valence-electron chi connectivity index (χ0n) is 21.6. The SMILES string of the molecule is C[C@H](Oc1ccc(C#N)cn1)C1CN(C(=O)C2CCN(C(=O)C3(C#N)CC3)CC2)C[C@@H]1c1ccc(Cl)c(Cl)c1. The molecule has 1 unspecified atom stereocenters. The predicted molar refractivity (Wildman–Crippen MR) is 145 cm³/mol. The summed E-state index contributed by atoms with van der Waals surface area (Å²) < 4.78 is 6.18. The Kier molecular flexibility index (Phi) is 7.71. The lowest BCUT2D eigenvalue weighted by molar-refractivity contribution is -0.141. The van der Waals surface area contributed by atoms with Gasteiger partial charge in [0.05, 0.1) is 21.7 Å². The maximum Gasteiger partial charge on any atom is 0.243 e. The molecule has 2 aliphatic heterocycles. The van der Waals surface area contributed by atoms with Gasteiger partial charge in [-0.3, -0.25) is 9.59 Å². The highest BCUT2D eigenvalue weighted by molar-refractivity contribution is 6.42. The number of rotatable bonds is 6. The van der Waals surface area contributed by atoms with Gasteiger partial charge in [-0.15, -0.1) is 0 Å². The van der Waals surface area contributed by atoms with Gasteiger partial charge in [0.2, 0.25) is 17.7 Å². The number of likely N-dealkylation sites (tertiary alicyclic amines) is 2. The molecular weight excluding hydrogens is 537 g/mol. The topological polar surface area (TPSA) is 110 Å². The van der Waals surface area contributed by atoms with Crippen LogP contribution in [-0.2, 0) is 9.59 Å². The van der Waals surface area contributed by atoms with Crippen LogP contribution < -0.4 is 4.74 Å². The highest BCUT2D eigenvalue weighted by atomic mass is 35.5. The van der Waals surface area contributed by atoms with Crippen LogP contribution in [0.25, 0.3) is 0 Å². The van der Waals surface area contributed by atoms with Crippen LogP contribution in [0.3, 0.4) is 0 Å². The van der Waals surface area contributed by atoms with E-state index in [1.807, 2.05) is 24.0 Å². The molecule has 39 heavy (non-hydrogen) atoms. The van der Waals surface area contributed by atoms with Crippen molar-refractivity contribution >= 4 is 35.0 Å². The first-order valence-corrected chi connectivity index (χ1v) is 14.0.